The third-order valence-electron chi connectivity index (χ3n) is 2.87. The van der Waals surface area contributed by atoms with Gasteiger partial charge >= 0.3 is 12.1 Å². The number of hydrogen-bond acceptors (Lipinski definition) is 4. The van der Waals surface area contributed by atoms with Gasteiger partial charge in [0, 0.05) is 18.5 Å². The lowest BCUT2D eigenvalue weighted by Gasteiger charge is -2.07. The fraction of sp³-hybridized carbons (Fsp3) is 0.308. The van der Waals surface area contributed by atoms with Crippen molar-refractivity contribution < 1.29 is 31.3 Å². The zero-order valence-corrected chi connectivity index (χ0v) is 11.7. The molecule has 1 aromatic heterocycles. The summed E-state index contributed by atoms with van der Waals surface area (Å²) in [5, 5.41) is 5.35. The maximum Gasteiger partial charge on any atom is 0.471 e. The van der Waals surface area contributed by atoms with Crippen molar-refractivity contribution in [1.29, 1.82) is 0 Å². The number of alkyl halides is 3. The molecule has 0 spiro atoms. The molecule has 5 nitrogen and oxygen atoms in total. The Balaban J connectivity index is 2.30. The summed E-state index contributed by atoms with van der Waals surface area (Å²) >= 11 is 0. The monoisotopic (exact) mass is 335 g/mol. The molecule has 0 saturated heterocycles. The first-order valence-corrected chi connectivity index (χ1v) is 6.39. The number of amides is 1. The highest BCUT2D eigenvalue weighted by Gasteiger charge is 2.38. The number of carbonyl (C=O) groups is 1. The predicted molar refractivity (Wildman–Crippen MR) is 66.8 cm³/mol. The number of hydrogen-bond donors (Lipinski definition) is 1. The van der Waals surface area contributed by atoms with Crippen LogP contribution in [-0.2, 0) is 17.5 Å². The van der Waals surface area contributed by atoms with Gasteiger partial charge in [0.05, 0.1) is 5.56 Å². The maximum absolute atomic E-state index is 14.0. The summed E-state index contributed by atoms with van der Waals surface area (Å²) in [4.78, 5) is 14.1. The Kier molecular flexibility index (Phi) is 4.62. The summed E-state index contributed by atoms with van der Waals surface area (Å²) in [5.41, 5.74) is -0.736. The molecule has 1 amide bonds. The van der Waals surface area contributed by atoms with Gasteiger partial charge in [-0.15, -0.1) is 0 Å². The van der Waals surface area contributed by atoms with Crippen LogP contribution in [0.25, 0.3) is 11.4 Å². The molecule has 0 fully saturated rings. The highest BCUT2D eigenvalue weighted by atomic mass is 19.4. The molecule has 0 radical (unpaired) electrons. The van der Waals surface area contributed by atoms with Crippen LogP contribution in [0.1, 0.15) is 24.8 Å². The number of nitrogens with zero attached hydrogens (tertiary/aromatic N) is 2. The number of nitrogens with one attached hydrogen (secondary N) is 1. The van der Waals surface area contributed by atoms with Gasteiger partial charge in [0.15, 0.2) is 11.6 Å². The zero-order valence-electron chi connectivity index (χ0n) is 11.7. The second-order valence-electron chi connectivity index (χ2n) is 4.45. The third kappa shape index (κ3) is 3.63. The quantitative estimate of drug-likeness (QED) is 0.872. The zero-order chi connectivity index (χ0) is 17.2. The van der Waals surface area contributed by atoms with Gasteiger partial charge in [0.2, 0.25) is 11.7 Å². The van der Waals surface area contributed by atoms with Crippen LogP contribution in [0.2, 0.25) is 0 Å². The Labute approximate surface area is 126 Å². The van der Waals surface area contributed by atoms with Gasteiger partial charge in [-0.25, -0.2) is 8.78 Å². The predicted octanol–water partition coefficient (Wildman–Crippen LogP) is 3.06. The minimum Gasteiger partial charge on any atom is -0.352 e. The molecule has 2 aromatic rings. The molecule has 124 valence electrons. The van der Waals surface area contributed by atoms with Crippen molar-refractivity contribution in [2.45, 2.75) is 26.1 Å². The van der Waals surface area contributed by atoms with Crippen LogP contribution >= 0.6 is 0 Å². The molecule has 0 atom stereocenters. The SMILES string of the molecule is CCC(=O)NCc1ccc(-c2noc(C(F)(F)F)n2)c(F)c1F. The third-order valence-corrected chi connectivity index (χ3v) is 2.87. The highest BCUT2D eigenvalue weighted by Crippen LogP contribution is 2.30. The van der Waals surface area contributed by atoms with Crippen molar-refractivity contribution in [3.63, 3.8) is 0 Å². The van der Waals surface area contributed by atoms with Gasteiger partial charge in [0.1, 0.15) is 0 Å². The molecule has 2 rings (SSSR count). The smallest absolute Gasteiger partial charge is 0.352 e. The number of benzene rings is 1. The van der Waals surface area contributed by atoms with Gasteiger partial charge < -0.3 is 9.84 Å². The van der Waals surface area contributed by atoms with E-state index in [1.165, 1.54) is 0 Å². The molecule has 10 heteroatoms. The largest absolute Gasteiger partial charge is 0.471 e. The summed E-state index contributed by atoms with van der Waals surface area (Å²) in [6.45, 7) is 1.33. The van der Waals surface area contributed by atoms with Crippen molar-refractivity contribution in [3.8, 4) is 11.4 Å². The van der Waals surface area contributed by atoms with Crippen molar-refractivity contribution in [2.24, 2.45) is 0 Å². The first kappa shape index (κ1) is 16.8. The lowest BCUT2D eigenvalue weighted by atomic mass is 10.1. The molecule has 1 heterocycles. The number of carbonyl (C=O) groups excluding carboxylic acids is 1. The maximum atomic E-state index is 14.0. The van der Waals surface area contributed by atoms with E-state index in [-0.39, 0.29) is 24.4 Å². The lowest BCUT2D eigenvalue weighted by molar-refractivity contribution is -0.159. The topological polar surface area (TPSA) is 68.0 Å². The molecule has 0 unspecified atom stereocenters. The van der Waals surface area contributed by atoms with Crippen LogP contribution in [0, 0.1) is 11.6 Å². The standard InChI is InChI=1S/C13H10F5N3O2/c1-2-8(22)19-5-6-3-4-7(10(15)9(6)14)11-20-12(23-21-11)13(16,17)18/h3-4H,2,5H2,1H3,(H,19,22). The molecule has 1 aromatic carbocycles. The molecular weight excluding hydrogens is 325 g/mol. The normalized spacial score (nSPS) is 11.6. The molecule has 0 aliphatic rings. The van der Waals surface area contributed by atoms with Crippen molar-refractivity contribution in [1.82, 2.24) is 15.5 Å². The van der Waals surface area contributed by atoms with Crippen LogP contribution in [0.3, 0.4) is 0 Å². The average molecular weight is 335 g/mol. The summed E-state index contributed by atoms with van der Waals surface area (Å²) in [5.74, 6) is -5.48. The molecular formula is C13H10F5N3O2. The number of aromatic nitrogens is 2. The van der Waals surface area contributed by atoms with Crippen molar-refractivity contribution >= 4 is 5.91 Å². The van der Waals surface area contributed by atoms with Crippen LogP contribution in [0.5, 0.6) is 0 Å². The molecule has 0 bridgehead atoms. The summed E-state index contributed by atoms with van der Waals surface area (Å²) in [7, 11) is 0. The molecule has 1 N–H and O–H groups in total. The van der Waals surface area contributed by atoms with E-state index in [1.807, 2.05) is 0 Å². The average Bonchev–Trinajstić information content (AvgIpc) is 2.98. The highest BCUT2D eigenvalue weighted by molar-refractivity contribution is 5.75. The molecule has 0 aliphatic carbocycles. The Morgan fingerprint density at radius 1 is 1.26 bits per heavy atom. The molecule has 23 heavy (non-hydrogen) atoms. The fourth-order valence-corrected chi connectivity index (χ4v) is 1.67. The summed E-state index contributed by atoms with van der Waals surface area (Å²) in [6.07, 6.45) is -4.71. The van der Waals surface area contributed by atoms with E-state index < -0.39 is 35.1 Å². The Morgan fingerprint density at radius 3 is 2.52 bits per heavy atom. The minimum atomic E-state index is -4.88. The second kappa shape index (κ2) is 6.31. The van der Waals surface area contributed by atoms with E-state index in [9.17, 15) is 26.7 Å². The van der Waals surface area contributed by atoms with Gasteiger partial charge in [-0.1, -0.05) is 18.1 Å². The fourth-order valence-electron chi connectivity index (χ4n) is 1.67. The van der Waals surface area contributed by atoms with E-state index in [4.69, 9.17) is 0 Å². The lowest BCUT2D eigenvalue weighted by Crippen LogP contribution is -2.22. The van der Waals surface area contributed by atoms with E-state index >= 15 is 0 Å². The van der Waals surface area contributed by atoms with Gasteiger partial charge in [-0.3, -0.25) is 4.79 Å². The van der Waals surface area contributed by atoms with Gasteiger partial charge in [0.25, 0.3) is 0 Å². The van der Waals surface area contributed by atoms with E-state index in [2.05, 4.69) is 20.0 Å². The van der Waals surface area contributed by atoms with Crippen molar-refractivity contribution in [2.75, 3.05) is 0 Å². The van der Waals surface area contributed by atoms with Gasteiger partial charge in [-0.2, -0.15) is 18.2 Å². The number of rotatable bonds is 4. The number of halogens is 5. The Morgan fingerprint density at radius 2 is 1.96 bits per heavy atom. The Hall–Kier alpha value is -2.52. The first-order chi connectivity index (χ1) is 10.7. The Bertz CT molecular complexity index is 727. The molecule has 0 saturated carbocycles. The second-order valence-corrected chi connectivity index (χ2v) is 4.45. The van der Waals surface area contributed by atoms with Gasteiger partial charge in [-0.05, 0) is 6.07 Å². The van der Waals surface area contributed by atoms with E-state index in [1.54, 1.807) is 6.92 Å². The molecule has 0 aliphatic heterocycles. The summed E-state index contributed by atoms with van der Waals surface area (Å²) in [6, 6.07) is 2.13. The van der Waals surface area contributed by atoms with Crippen LogP contribution in [0.15, 0.2) is 16.7 Å². The summed E-state index contributed by atoms with van der Waals surface area (Å²) < 4.78 is 68.9. The van der Waals surface area contributed by atoms with Crippen molar-refractivity contribution in [3.05, 3.63) is 35.2 Å². The first-order valence-electron chi connectivity index (χ1n) is 6.39. The van der Waals surface area contributed by atoms with E-state index in [0.717, 1.165) is 12.1 Å². The van der Waals surface area contributed by atoms with Crippen LogP contribution in [0.4, 0.5) is 22.0 Å². The minimum absolute atomic E-state index is 0.160. The van der Waals surface area contributed by atoms with Crippen LogP contribution in [-0.4, -0.2) is 16.0 Å². The van der Waals surface area contributed by atoms with Crippen LogP contribution < -0.4 is 5.32 Å². The van der Waals surface area contributed by atoms with E-state index in [0.29, 0.717) is 0 Å².